The van der Waals surface area contributed by atoms with Crippen molar-refractivity contribution in [2.45, 2.75) is 121 Å². The van der Waals surface area contributed by atoms with Gasteiger partial charge in [0.25, 0.3) is 0 Å². The molecule has 0 atom stereocenters. The number of aliphatic hydroxyl groups excluding tert-OH is 1. The number of carbonyl (C=O) groups is 1. The maximum Gasteiger partial charge on any atom is 0.218 e. The molecule has 1 aromatic rings. The average Bonchev–Trinajstić information content (AvgIpc) is 2.89. The number of hydrogen-bond acceptors (Lipinski definition) is 3. The second-order valence-corrected chi connectivity index (χ2v) is 17.9. The van der Waals surface area contributed by atoms with Gasteiger partial charge in [-0.15, -0.1) is 0 Å². The SMILES string of the molecule is CC(C)CCC1=CC(=CC2=C(O)C(=Cc3cc(CCC(C)(C)C)[s+]c(CCC(C)(C)C)c3)C2=O)C=C(CCC(C)C)S1. The van der Waals surface area contributed by atoms with Crippen molar-refractivity contribution >= 4 is 35.0 Å². The Balaban J connectivity index is 1.91. The van der Waals surface area contributed by atoms with Gasteiger partial charge in [-0.05, 0) is 106 Å². The summed E-state index contributed by atoms with van der Waals surface area (Å²) in [6.07, 6.45) is 16.9. The van der Waals surface area contributed by atoms with E-state index in [1.807, 2.05) is 35.3 Å². The maximum absolute atomic E-state index is 13.4. The number of aryl methyl sites for hydroxylation is 2. The number of aliphatic hydroxyl groups is 1. The molecule has 230 valence electrons. The van der Waals surface area contributed by atoms with Crippen LogP contribution in [0.25, 0.3) is 6.08 Å². The lowest BCUT2D eigenvalue weighted by atomic mass is 9.85. The summed E-state index contributed by atoms with van der Waals surface area (Å²) in [7, 11) is 0. The highest BCUT2D eigenvalue weighted by Crippen LogP contribution is 2.40. The van der Waals surface area contributed by atoms with Crippen LogP contribution in [0.3, 0.4) is 0 Å². The molecule has 0 saturated carbocycles. The molecule has 3 rings (SSSR count). The van der Waals surface area contributed by atoms with E-state index in [1.165, 1.54) is 19.6 Å². The summed E-state index contributed by atoms with van der Waals surface area (Å²) in [6, 6.07) is 4.43. The molecular weight excluding hydrogens is 553 g/mol. The molecule has 1 N–H and O–H groups in total. The van der Waals surface area contributed by atoms with Crippen molar-refractivity contribution in [3.63, 3.8) is 0 Å². The summed E-state index contributed by atoms with van der Waals surface area (Å²) in [5.41, 5.74) is 3.44. The molecule has 0 aromatic carbocycles. The van der Waals surface area contributed by atoms with E-state index >= 15 is 0 Å². The molecule has 2 aliphatic rings. The number of rotatable bonds is 12. The van der Waals surface area contributed by atoms with Crippen LogP contribution in [0.2, 0.25) is 0 Å². The van der Waals surface area contributed by atoms with Crippen molar-refractivity contribution in [3.05, 3.63) is 78.0 Å². The Bertz CT molecular complexity index is 1220. The van der Waals surface area contributed by atoms with E-state index in [2.05, 4.69) is 93.5 Å². The lowest BCUT2D eigenvalue weighted by Gasteiger charge is -2.21. The van der Waals surface area contributed by atoms with Crippen LogP contribution in [-0.4, -0.2) is 10.9 Å². The van der Waals surface area contributed by atoms with E-state index in [-0.39, 0.29) is 22.4 Å². The Morgan fingerprint density at radius 1 is 0.786 bits per heavy atom. The lowest BCUT2D eigenvalue weighted by molar-refractivity contribution is -0.113. The molecule has 0 bridgehead atoms. The number of Topliss-reactive ketones (excluding diaryl/α,β-unsaturated/α-hetero) is 1. The Morgan fingerprint density at radius 3 is 1.67 bits per heavy atom. The molecule has 0 unspecified atom stereocenters. The van der Waals surface area contributed by atoms with Crippen molar-refractivity contribution < 1.29 is 9.90 Å². The zero-order valence-corrected chi connectivity index (χ0v) is 29.6. The van der Waals surface area contributed by atoms with E-state index in [9.17, 15) is 9.90 Å². The van der Waals surface area contributed by atoms with E-state index in [4.69, 9.17) is 0 Å². The Morgan fingerprint density at radius 2 is 1.26 bits per heavy atom. The molecule has 0 saturated heterocycles. The topological polar surface area (TPSA) is 37.3 Å². The number of thioether (sulfide) groups is 1. The maximum atomic E-state index is 13.4. The standard InChI is InChI=1S/C38H54O2S2/c1-25(2)11-13-29-19-27(20-30(41-29)14-12-26(3)4)23-33-35(39)34(36(33)40)24-28-21-31(15-17-37(5,6)7)42-32(22-28)16-18-38(8,9)10/h19-26H,11-18H2,1-10H3/p+1. The van der Waals surface area contributed by atoms with Crippen molar-refractivity contribution in [1.29, 1.82) is 0 Å². The predicted octanol–water partition coefficient (Wildman–Crippen LogP) is 12.1. The molecule has 2 heterocycles. The average molecular weight is 608 g/mol. The molecule has 0 spiro atoms. The highest BCUT2D eigenvalue weighted by molar-refractivity contribution is 8.06. The molecule has 2 nitrogen and oxygen atoms in total. The largest absolute Gasteiger partial charge is 0.506 e. The number of carbonyl (C=O) groups excluding carboxylic acids is 1. The second kappa shape index (κ2) is 14.7. The predicted molar refractivity (Wildman–Crippen MR) is 187 cm³/mol. The second-order valence-electron chi connectivity index (χ2n) is 15.4. The highest BCUT2D eigenvalue weighted by Gasteiger charge is 2.33. The van der Waals surface area contributed by atoms with Crippen LogP contribution in [0.1, 0.15) is 123 Å². The van der Waals surface area contributed by atoms with Crippen LogP contribution in [0.4, 0.5) is 0 Å². The molecule has 0 radical (unpaired) electrons. The quantitative estimate of drug-likeness (QED) is 0.190. The van der Waals surface area contributed by atoms with Gasteiger partial charge in [-0.1, -0.05) is 81.0 Å². The van der Waals surface area contributed by atoms with Gasteiger partial charge < -0.3 is 5.11 Å². The van der Waals surface area contributed by atoms with Gasteiger partial charge in [0, 0.05) is 25.0 Å². The number of ketones is 1. The summed E-state index contributed by atoms with van der Waals surface area (Å²) < 4.78 is 0. The van der Waals surface area contributed by atoms with E-state index in [0.29, 0.717) is 23.0 Å². The molecule has 0 fully saturated rings. The first-order chi connectivity index (χ1) is 19.5. The van der Waals surface area contributed by atoms with Gasteiger partial charge in [-0.2, -0.15) is 0 Å². The summed E-state index contributed by atoms with van der Waals surface area (Å²) >= 11 is 3.79. The van der Waals surface area contributed by atoms with Crippen LogP contribution < -0.4 is 0 Å². The minimum Gasteiger partial charge on any atom is -0.506 e. The van der Waals surface area contributed by atoms with Crippen LogP contribution in [0.5, 0.6) is 0 Å². The van der Waals surface area contributed by atoms with Gasteiger partial charge in [0.05, 0.1) is 11.1 Å². The monoisotopic (exact) mass is 607 g/mol. The molecule has 42 heavy (non-hydrogen) atoms. The normalized spacial score (nSPS) is 17.3. The lowest BCUT2D eigenvalue weighted by Crippen LogP contribution is -2.21. The first-order valence-electron chi connectivity index (χ1n) is 16.0. The van der Waals surface area contributed by atoms with Crippen LogP contribution in [-0.2, 0) is 17.6 Å². The van der Waals surface area contributed by atoms with Gasteiger partial charge >= 0.3 is 0 Å². The zero-order valence-electron chi connectivity index (χ0n) is 27.9. The summed E-state index contributed by atoms with van der Waals surface area (Å²) in [6.45, 7) is 22.8. The minimum atomic E-state index is -0.0625. The van der Waals surface area contributed by atoms with Crippen LogP contribution >= 0.6 is 23.1 Å². The van der Waals surface area contributed by atoms with E-state index in [0.717, 1.165) is 62.5 Å². The van der Waals surface area contributed by atoms with Gasteiger partial charge in [-0.25, -0.2) is 0 Å². The van der Waals surface area contributed by atoms with Gasteiger partial charge in [0.2, 0.25) is 26.9 Å². The van der Waals surface area contributed by atoms with Gasteiger partial charge in [0.15, 0.2) is 0 Å². The van der Waals surface area contributed by atoms with E-state index < -0.39 is 0 Å². The Hall–Kier alpha value is -1.91. The van der Waals surface area contributed by atoms with Crippen LogP contribution in [0, 0.1) is 22.7 Å². The summed E-state index contributed by atoms with van der Waals surface area (Å²) in [5, 5.41) is 11.1. The van der Waals surface area contributed by atoms with Gasteiger partial charge in [0.1, 0.15) is 5.76 Å². The molecule has 1 aromatic heterocycles. The molecule has 1 aliphatic heterocycles. The highest BCUT2D eigenvalue weighted by atomic mass is 32.2. The first kappa shape index (κ1) is 34.6. The summed E-state index contributed by atoms with van der Waals surface area (Å²) in [4.78, 5) is 18.8. The van der Waals surface area contributed by atoms with Crippen molar-refractivity contribution in [2.75, 3.05) is 0 Å². The fourth-order valence-electron chi connectivity index (χ4n) is 4.84. The third kappa shape index (κ3) is 11.3. The first-order valence-corrected chi connectivity index (χ1v) is 17.6. The Labute approximate surface area is 265 Å². The van der Waals surface area contributed by atoms with Crippen molar-refractivity contribution in [1.82, 2.24) is 0 Å². The number of hydrogen-bond donors (Lipinski definition) is 1. The Kier molecular flexibility index (Phi) is 12.1. The number of allylic oxidation sites excluding steroid dienone is 8. The molecular formula is C38H55O2S2+. The summed E-state index contributed by atoms with van der Waals surface area (Å²) in [5.74, 6) is 1.36. The van der Waals surface area contributed by atoms with Crippen molar-refractivity contribution in [2.24, 2.45) is 22.7 Å². The third-order valence-electron chi connectivity index (χ3n) is 7.64. The van der Waals surface area contributed by atoms with E-state index in [1.54, 1.807) is 0 Å². The van der Waals surface area contributed by atoms with Gasteiger partial charge in [-0.3, -0.25) is 4.79 Å². The molecule has 4 heteroatoms. The third-order valence-corrected chi connectivity index (χ3v) is 9.97. The van der Waals surface area contributed by atoms with Crippen molar-refractivity contribution in [3.8, 4) is 0 Å². The fraction of sp³-hybridized carbons (Fsp3) is 0.579. The fourth-order valence-corrected chi connectivity index (χ4v) is 7.14. The molecule has 0 amide bonds. The smallest absolute Gasteiger partial charge is 0.218 e. The molecule has 1 aliphatic carbocycles. The van der Waals surface area contributed by atoms with Crippen LogP contribution in [0.15, 0.2) is 62.6 Å². The minimum absolute atomic E-state index is 0.0625. The zero-order chi connectivity index (χ0) is 31.2.